The zero-order chi connectivity index (χ0) is 17.8. The molecule has 0 unspecified atom stereocenters. The SMILES string of the molecule is C=CCn1c(SCc2c(F)cccc2Cl)nnc1-c1cccc(C)c1. The largest absolute Gasteiger partial charge is 0.298 e. The maximum absolute atomic E-state index is 14.0. The molecule has 0 spiro atoms. The van der Waals surface area contributed by atoms with Crippen molar-refractivity contribution in [2.24, 2.45) is 0 Å². The summed E-state index contributed by atoms with van der Waals surface area (Å²) in [5, 5.41) is 9.72. The highest BCUT2D eigenvalue weighted by molar-refractivity contribution is 7.98. The zero-order valence-corrected chi connectivity index (χ0v) is 15.3. The molecule has 3 nitrogen and oxygen atoms in total. The number of hydrogen-bond acceptors (Lipinski definition) is 3. The summed E-state index contributed by atoms with van der Waals surface area (Å²) >= 11 is 7.51. The predicted molar refractivity (Wildman–Crippen MR) is 101 cm³/mol. The van der Waals surface area contributed by atoms with Gasteiger partial charge in [0.05, 0.1) is 0 Å². The number of hydrogen-bond donors (Lipinski definition) is 0. The third kappa shape index (κ3) is 3.94. The van der Waals surface area contributed by atoms with Crippen LogP contribution in [0.1, 0.15) is 11.1 Å². The minimum Gasteiger partial charge on any atom is -0.298 e. The van der Waals surface area contributed by atoms with Crippen LogP contribution < -0.4 is 0 Å². The van der Waals surface area contributed by atoms with Gasteiger partial charge >= 0.3 is 0 Å². The second kappa shape index (κ2) is 7.85. The molecule has 0 amide bonds. The molecule has 0 N–H and O–H groups in total. The Bertz CT molecular complexity index is 887. The van der Waals surface area contributed by atoms with Gasteiger partial charge in [-0.15, -0.1) is 16.8 Å². The van der Waals surface area contributed by atoms with Crippen molar-refractivity contribution in [2.45, 2.75) is 24.4 Å². The molecule has 3 rings (SSSR count). The van der Waals surface area contributed by atoms with Gasteiger partial charge in [-0.25, -0.2) is 4.39 Å². The lowest BCUT2D eigenvalue weighted by Crippen LogP contribution is -2.01. The molecule has 0 radical (unpaired) electrons. The minimum atomic E-state index is -0.311. The molecule has 0 bridgehead atoms. The zero-order valence-electron chi connectivity index (χ0n) is 13.7. The van der Waals surface area contributed by atoms with E-state index in [4.69, 9.17) is 11.6 Å². The van der Waals surface area contributed by atoms with Crippen molar-refractivity contribution in [1.82, 2.24) is 14.8 Å². The first-order chi connectivity index (χ1) is 12.1. The molecule has 0 fully saturated rings. The Labute approximate surface area is 155 Å². The van der Waals surface area contributed by atoms with Crippen LogP contribution >= 0.6 is 23.4 Å². The third-order valence-corrected chi connectivity index (χ3v) is 5.06. The molecule has 3 aromatic rings. The number of benzene rings is 2. The van der Waals surface area contributed by atoms with Crippen LogP contribution in [0.15, 0.2) is 60.3 Å². The highest BCUT2D eigenvalue weighted by Gasteiger charge is 2.15. The Kier molecular flexibility index (Phi) is 5.56. The molecular formula is C19H17ClFN3S. The van der Waals surface area contributed by atoms with Gasteiger partial charge in [0.15, 0.2) is 11.0 Å². The average Bonchev–Trinajstić information content (AvgIpc) is 2.98. The number of aromatic nitrogens is 3. The second-order valence-electron chi connectivity index (χ2n) is 5.56. The molecular weight excluding hydrogens is 357 g/mol. The van der Waals surface area contributed by atoms with Crippen molar-refractivity contribution in [2.75, 3.05) is 0 Å². The first-order valence-corrected chi connectivity index (χ1v) is 9.13. The number of rotatable bonds is 6. The van der Waals surface area contributed by atoms with Crippen LogP contribution in [0, 0.1) is 12.7 Å². The van der Waals surface area contributed by atoms with E-state index < -0.39 is 0 Å². The quantitative estimate of drug-likeness (QED) is 0.420. The summed E-state index contributed by atoms with van der Waals surface area (Å²) in [5.41, 5.74) is 2.61. The van der Waals surface area contributed by atoms with Crippen molar-refractivity contribution in [3.63, 3.8) is 0 Å². The lowest BCUT2D eigenvalue weighted by molar-refractivity contribution is 0.617. The van der Waals surface area contributed by atoms with Gasteiger partial charge in [0.2, 0.25) is 0 Å². The van der Waals surface area contributed by atoms with E-state index in [9.17, 15) is 4.39 Å². The predicted octanol–water partition coefficient (Wildman–Crippen LogP) is 5.52. The standard InChI is InChI=1S/C19H17ClFN3S/c1-3-10-24-18(14-7-4-6-13(2)11-14)22-23-19(24)25-12-15-16(20)8-5-9-17(15)21/h3-9,11H,1,10,12H2,2H3. The Morgan fingerprint density at radius 2 is 2.04 bits per heavy atom. The third-order valence-electron chi connectivity index (χ3n) is 3.71. The summed E-state index contributed by atoms with van der Waals surface area (Å²) in [6, 6.07) is 12.8. The number of allylic oxidation sites excluding steroid dienone is 1. The Morgan fingerprint density at radius 3 is 2.76 bits per heavy atom. The van der Waals surface area contributed by atoms with Crippen LogP contribution in [0.4, 0.5) is 4.39 Å². The molecule has 128 valence electrons. The Hall–Kier alpha value is -2.11. The fourth-order valence-corrected chi connectivity index (χ4v) is 3.79. The molecule has 2 aromatic carbocycles. The lowest BCUT2D eigenvalue weighted by Gasteiger charge is -2.09. The van der Waals surface area contributed by atoms with E-state index >= 15 is 0 Å². The lowest BCUT2D eigenvalue weighted by atomic mass is 10.1. The first kappa shape index (κ1) is 17.7. The monoisotopic (exact) mass is 373 g/mol. The maximum Gasteiger partial charge on any atom is 0.192 e. The van der Waals surface area contributed by atoms with Crippen molar-refractivity contribution in [3.05, 3.63) is 77.1 Å². The highest BCUT2D eigenvalue weighted by Crippen LogP contribution is 2.30. The highest BCUT2D eigenvalue weighted by atomic mass is 35.5. The van der Waals surface area contributed by atoms with Crippen molar-refractivity contribution in [1.29, 1.82) is 0 Å². The summed E-state index contributed by atoms with van der Waals surface area (Å²) in [6.45, 7) is 6.42. The van der Waals surface area contributed by atoms with Gasteiger partial charge in [0.25, 0.3) is 0 Å². The van der Waals surface area contributed by atoms with Crippen LogP contribution in [-0.4, -0.2) is 14.8 Å². The van der Waals surface area contributed by atoms with E-state index in [1.165, 1.54) is 17.8 Å². The fraction of sp³-hybridized carbons (Fsp3) is 0.158. The van der Waals surface area contributed by atoms with Gasteiger partial charge in [-0.1, -0.05) is 59.3 Å². The van der Waals surface area contributed by atoms with E-state index in [-0.39, 0.29) is 5.82 Å². The van der Waals surface area contributed by atoms with Crippen molar-refractivity contribution >= 4 is 23.4 Å². The summed E-state index contributed by atoms with van der Waals surface area (Å²) in [7, 11) is 0. The van der Waals surface area contributed by atoms with Gasteiger partial charge in [0.1, 0.15) is 5.82 Å². The van der Waals surface area contributed by atoms with Gasteiger partial charge < -0.3 is 0 Å². The van der Waals surface area contributed by atoms with Crippen molar-refractivity contribution in [3.8, 4) is 11.4 Å². The molecule has 1 aromatic heterocycles. The summed E-state index contributed by atoms with van der Waals surface area (Å²) in [4.78, 5) is 0. The van der Waals surface area contributed by atoms with Crippen LogP contribution in [0.2, 0.25) is 5.02 Å². The minimum absolute atomic E-state index is 0.311. The maximum atomic E-state index is 14.0. The van der Waals surface area contributed by atoms with E-state index in [1.54, 1.807) is 18.2 Å². The van der Waals surface area contributed by atoms with E-state index in [1.807, 2.05) is 29.7 Å². The van der Waals surface area contributed by atoms with Crippen LogP contribution in [0.5, 0.6) is 0 Å². The van der Waals surface area contributed by atoms with Gasteiger partial charge in [-0.2, -0.15) is 0 Å². The topological polar surface area (TPSA) is 30.7 Å². The van der Waals surface area contributed by atoms with Crippen molar-refractivity contribution < 1.29 is 4.39 Å². The normalized spacial score (nSPS) is 10.8. The summed E-state index contributed by atoms with van der Waals surface area (Å²) < 4.78 is 15.9. The average molecular weight is 374 g/mol. The molecule has 0 aliphatic heterocycles. The molecule has 0 aliphatic carbocycles. The summed E-state index contributed by atoms with van der Waals surface area (Å²) in [6.07, 6.45) is 1.79. The first-order valence-electron chi connectivity index (χ1n) is 7.77. The van der Waals surface area contributed by atoms with E-state index in [2.05, 4.69) is 22.8 Å². The molecule has 0 saturated carbocycles. The number of aryl methyl sites for hydroxylation is 1. The molecule has 1 heterocycles. The van der Waals surface area contributed by atoms with Gasteiger partial charge in [0, 0.05) is 28.4 Å². The van der Waals surface area contributed by atoms with Crippen LogP contribution in [-0.2, 0) is 12.3 Å². The summed E-state index contributed by atoms with van der Waals surface area (Å²) in [5.74, 6) is 0.841. The number of nitrogens with zero attached hydrogens (tertiary/aromatic N) is 3. The Morgan fingerprint density at radius 1 is 1.24 bits per heavy atom. The number of halogens is 2. The fourth-order valence-electron chi connectivity index (χ4n) is 2.49. The Balaban J connectivity index is 1.91. The van der Waals surface area contributed by atoms with Gasteiger partial charge in [-0.3, -0.25) is 4.57 Å². The van der Waals surface area contributed by atoms with Gasteiger partial charge in [-0.05, 0) is 25.1 Å². The molecule has 0 atom stereocenters. The smallest absolute Gasteiger partial charge is 0.192 e. The molecule has 0 saturated heterocycles. The van der Waals surface area contributed by atoms with E-state index in [0.717, 1.165) is 17.0 Å². The van der Waals surface area contributed by atoms with E-state index in [0.29, 0.717) is 28.0 Å². The second-order valence-corrected chi connectivity index (χ2v) is 6.91. The molecule has 6 heteroatoms. The van der Waals surface area contributed by atoms with Crippen LogP contribution in [0.3, 0.4) is 0 Å². The van der Waals surface area contributed by atoms with Crippen LogP contribution in [0.25, 0.3) is 11.4 Å². The number of thioether (sulfide) groups is 1. The molecule has 25 heavy (non-hydrogen) atoms. The molecule has 0 aliphatic rings.